The molecular weight excluding hydrogens is 457 g/mol. The van der Waals surface area contributed by atoms with Crippen molar-refractivity contribution < 1.29 is 23.7 Å². The number of ether oxygens (including phenoxy) is 1. The summed E-state index contributed by atoms with van der Waals surface area (Å²) in [6.07, 6.45) is -0.118. The van der Waals surface area contributed by atoms with Crippen molar-refractivity contribution in [1.29, 1.82) is 5.26 Å². The van der Waals surface area contributed by atoms with Crippen LogP contribution < -0.4 is 10.1 Å². The number of benzene rings is 2. The summed E-state index contributed by atoms with van der Waals surface area (Å²) < 4.78 is 34.1. The SMILES string of the molecule is N#Cc1c(Nc2ccc(I)cc2F)cc(F)cc1OCCCC(O)CO. The van der Waals surface area contributed by atoms with Gasteiger partial charge >= 0.3 is 0 Å². The number of aliphatic hydroxyl groups excluding tert-OH is 2. The van der Waals surface area contributed by atoms with Gasteiger partial charge in [-0.3, -0.25) is 0 Å². The van der Waals surface area contributed by atoms with E-state index in [2.05, 4.69) is 5.32 Å². The molecule has 0 radical (unpaired) electrons. The number of halogens is 3. The van der Waals surface area contributed by atoms with Crippen molar-refractivity contribution >= 4 is 34.0 Å². The predicted molar refractivity (Wildman–Crippen MR) is 101 cm³/mol. The minimum Gasteiger partial charge on any atom is -0.492 e. The molecule has 138 valence electrons. The largest absolute Gasteiger partial charge is 0.492 e. The van der Waals surface area contributed by atoms with Crippen molar-refractivity contribution in [1.82, 2.24) is 0 Å². The number of nitriles is 1. The normalized spacial score (nSPS) is 11.7. The molecule has 1 unspecified atom stereocenters. The summed E-state index contributed by atoms with van der Waals surface area (Å²) in [7, 11) is 0. The number of nitrogens with zero attached hydrogens (tertiary/aromatic N) is 1. The fraction of sp³-hybridized carbons (Fsp3) is 0.278. The number of hydrogen-bond acceptors (Lipinski definition) is 5. The second-order valence-corrected chi connectivity index (χ2v) is 6.76. The Morgan fingerprint density at radius 1 is 1.23 bits per heavy atom. The molecule has 5 nitrogen and oxygen atoms in total. The monoisotopic (exact) mass is 474 g/mol. The van der Waals surface area contributed by atoms with Crippen LogP contribution in [-0.4, -0.2) is 29.5 Å². The van der Waals surface area contributed by atoms with E-state index >= 15 is 0 Å². The molecule has 0 aliphatic rings. The topological polar surface area (TPSA) is 85.5 Å². The lowest BCUT2D eigenvalue weighted by Crippen LogP contribution is -2.13. The standard InChI is InChI=1S/C18H17F2IN2O3/c19-11-6-17(23-16-4-3-12(21)8-15(16)20)14(9-22)18(7-11)26-5-1-2-13(25)10-24/h3-4,6-8,13,23-25H,1-2,5,10H2. The first kappa shape index (κ1) is 20.4. The lowest BCUT2D eigenvalue weighted by atomic mass is 10.1. The molecule has 0 heterocycles. The summed E-state index contributed by atoms with van der Waals surface area (Å²) in [5, 5.41) is 30.2. The number of nitrogens with one attached hydrogen (secondary N) is 1. The summed E-state index contributed by atoms with van der Waals surface area (Å²) in [5.74, 6) is -1.13. The Labute approximate surface area is 163 Å². The van der Waals surface area contributed by atoms with E-state index in [1.165, 1.54) is 12.1 Å². The van der Waals surface area contributed by atoms with Crippen LogP contribution in [0.1, 0.15) is 18.4 Å². The molecular formula is C18H17F2IN2O3. The average molecular weight is 474 g/mol. The van der Waals surface area contributed by atoms with Gasteiger partial charge in [0, 0.05) is 9.64 Å². The molecule has 0 aromatic heterocycles. The number of aliphatic hydroxyl groups is 2. The van der Waals surface area contributed by atoms with Gasteiger partial charge in [-0.2, -0.15) is 5.26 Å². The van der Waals surface area contributed by atoms with Gasteiger partial charge in [0.05, 0.1) is 30.7 Å². The van der Waals surface area contributed by atoms with Crippen molar-refractivity contribution in [2.45, 2.75) is 18.9 Å². The number of rotatable bonds is 8. The van der Waals surface area contributed by atoms with Crippen molar-refractivity contribution in [2.24, 2.45) is 0 Å². The van der Waals surface area contributed by atoms with Crippen LogP contribution in [0.5, 0.6) is 5.75 Å². The van der Waals surface area contributed by atoms with Crippen LogP contribution in [-0.2, 0) is 0 Å². The summed E-state index contributed by atoms with van der Waals surface area (Å²) in [6, 6.07) is 8.61. The van der Waals surface area contributed by atoms with Gasteiger partial charge in [0.1, 0.15) is 29.0 Å². The van der Waals surface area contributed by atoms with Crippen molar-refractivity contribution in [3.8, 4) is 11.8 Å². The first-order chi connectivity index (χ1) is 12.4. The van der Waals surface area contributed by atoms with Gasteiger partial charge in [-0.05, 0) is 59.7 Å². The molecule has 0 fully saturated rings. The van der Waals surface area contributed by atoms with E-state index in [0.717, 1.165) is 12.1 Å². The zero-order valence-corrected chi connectivity index (χ0v) is 15.8. The second kappa shape index (κ2) is 9.66. The van der Waals surface area contributed by atoms with Gasteiger partial charge in [0.25, 0.3) is 0 Å². The third-order valence-corrected chi connectivity index (χ3v) is 4.20. The lowest BCUT2D eigenvalue weighted by Gasteiger charge is -2.14. The molecule has 0 aliphatic carbocycles. The second-order valence-electron chi connectivity index (χ2n) is 5.51. The summed E-state index contributed by atoms with van der Waals surface area (Å²) >= 11 is 1.97. The number of hydrogen-bond donors (Lipinski definition) is 3. The molecule has 2 aromatic carbocycles. The minimum absolute atomic E-state index is 0.0272. The number of anilines is 2. The van der Waals surface area contributed by atoms with Crippen molar-refractivity contribution in [3.63, 3.8) is 0 Å². The molecule has 0 aliphatic heterocycles. The predicted octanol–water partition coefficient (Wildman–Crippen LogP) is 3.70. The summed E-state index contributed by atoms with van der Waals surface area (Å²) in [4.78, 5) is 0. The minimum atomic E-state index is -0.845. The van der Waals surface area contributed by atoms with E-state index in [1.54, 1.807) is 6.07 Å². The highest BCUT2D eigenvalue weighted by Gasteiger charge is 2.14. The third-order valence-electron chi connectivity index (χ3n) is 3.53. The van der Waals surface area contributed by atoms with E-state index in [0.29, 0.717) is 16.4 Å². The Kier molecular flexibility index (Phi) is 7.56. The Hall–Kier alpha value is -1.96. The fourth-order valence-corrected chi connectivity index (χ4v) is 2.69. The van der Waals surface area contributed by atoms with E-state index in [4.69, 9.17) is 9.84 Å². The van der Waals surface area contributed by atoms with Gasteiger partial charge in [0.2, 0.25) is 0 Å². The van der Waals surface area contributed by atoms with Gasteiger partial charge in [-0.25, -0.2) is 8.78 Å². The molecule has 1 atom stereocenters. The first-order valence-electron chi connectivity index (χ1n) is 7.82. The molecule has 26 heavy (non-hydrogen) atoms. The molecule has 2 aromatic rings. The summed E-state index contributed by atoms with van der Waals surface area (Å²) in [5.41, 5.74) is 0.259. The van der Waals surface area contributed by atoms with E-state index in [-0.39, 0.29) is 35.9 Å². The molecule has 3 N–H and O–H groups in total. The molecule has 0 saturated carbocycles. The zero-order chi connectivity index (χ0) is 19.1. The quantitative estimate of drug-likeness (QED) is 0.402. The maximum absolute atomic E-state index is 14.0. The van der Waals surface area contributed by atoms with E-state index in [1.807, 2.05) is 28.7 Å². The Morgan fingerprint density at radius 2 is 2.00 bits per heavy atom. The van der Waals surface area contributed by atoms with Gasteiger partial charge in [-0.1, -0.05) is 0 Å². The highest BCUT2D eigenvalue weighted by atomic mass is 127. The Bertz CT molecular complexity index is 812. The highest BCUT2D eigenvalue weighted by Crippen LogP contribution is 2.31. The third kappa shape index (κ3) is 5.52. The van der Waals surface area contributed by atoms with Gasteiger partial charge in [-0.15, -0.1) is 0 Å². The van der Waals surface area contributed by atoms with Crippen LogP contribution >= 0.6 is 22.6 Å². The maximum Gasteiger partial charge on any atom is 0.147 e. The summed E-state index contributed by atoms with van der Waals surface area (Å²) in [6.45, 7) is -0.217. The maximum atomic E-state index is 14.0. The molecule has 8 heteroatoms. The van der Waals surface area contributed by atoms with E-state index in [9.17, 15) is 19.1 Å². The van der Waals surface area contributed by atoms with Gasteiger partial charge < -0.3 is 20.3 Å². The van der Waals surface area contributed by atoms with E-state index < -0.39 is 17.7 Å². The molecule has 0 saturated heterocycles. The Balaban J connectivity index is 2.19. The van der Waals surface area contributed by atoms with Crippen LogP contribution in [0.2, 0.25) is 0 Å². The zero-order valence-electron chi connectivity index (χ0n) is 13.7. The lowest BCUT2D eigenvalue weighted by molar-refractivity contribution is 0.0827. The Morgan fingerprint density at radius 3 is 2.65 bits per heavy atom. The van der Waals surface area contributed by atoms with Crippen LogP contribution in [0, 0.1) is 26.5 Å². The van der Waals surface area contributed by atoms with Crippen molar-refractivity contribution in [3.05, 3.63) is 51.1 Å². The van der Waals surface area contributed by atoms with Crippen molar-refractivity contribution in [2.75, 3.05) is 18.5 Å². The van der Waals surface area contributed by atoms with Crippen LogP contribution in [0.3, 0.4) is 0 Å². The van der Waals surface area contributed by atoms with Crippen LogP contribution in [0.25, 0.3) is 0 Å². The van der Waals surface area contributed by atoms with Crippen LogP contribution in [0.15, 0.2) is 30.3 Å². The average Bonchev–Trinajstić information content (AvgIpc) is 2.60. The highest BCUT2D eigenvalue weighted by molar-refractivity contribution is 14.1. The smallest absolute Gasteiger partial charge is 0.147 e. The van der Waals surface area contributed by atoms with Gasteiger partial charge in [0.15, 0.2) is 0 Å². The molecule has 0 amide bonds. The molecule has 0 bridgehead atoms. The fourth-order valence-electron chi connectivity index (χ4n) is 2.24. The van der Waals surface area contributed by atoms with Crippen LogP contribution in [0.4, 0.5) is 20.2 Å². The first-order valence-corrected chi connectivity index (χ1v) is 8.90. The molecule has 0 spiro atoms. The molecule has 2 rings (SSSR count).